The summed E-state index contributed by atoms with van der Waals surface area (Å²) in [5.74, 6) is -0.464. The largest absolute Gasteiger partial charge is 0.506 e. The standard InChI is InChI=1S/C15H14N2O4/c1-10-6-7-12(14(18)8-10)16-15(19)9-11-4-2-3-5-13(11)17(20)21/h2-8,18H,9H2,1H3,(H,16,19). The number of amides is 1. The van der Waals surface area contributed by atoms with Gasteiger partial charge in [-0.3, -0.25) is 14.9 Å². The smallest absolute Gasteiger partial charge is 0.273 e. The van der Waals surface area contributed by atoms with Crippen LogP contribution < -0.4 is 5.32 Å². The molecular formula is C15H14N2O4. The average Bonchev–Trinajstić information content (AvgIpc) is 2.42. The number of phenolic OH excluding ortho intramolecular Hbond substituents is 1. The molecule has 2 N–H and O–H groups in total. The molecule has 0 bridgehead atoms. The fraction of sp³-hybridized carbons (Fsp3) is 0.133. The minimum Gasteiger partial charge on any atom is -0.506 e. The molecule has 0 aliphatic carbocycles. The number of carbonyl (C=O) groups excluding carboxylic acids is 1. The first-order chi connectivity index (χ1) is 9.97. The third-order valence-corrected chi connectivity index (χ3v) is 2.97. The van der Waals surface area contributed by atoms with E-state index in [1.54, 1.807) is 24.3 Å². The van der Waals surface area contributed by atoms with Crippen molar-refractivity contribution in [3.8, 4) is 5.75 Å². The van der Waals surface area contributed by atoms with Crippen molar-refractivity contribution in [3.63, 3.8) is 0 Å². The summed E-state index contributed by atoms with van der Waals surface area (Å²) in [6, 6.07) is 10.9. The summed E-state index contributed by atoms with van der Waals surface area (Å²) < 4.78 is 0. The molecule has 0 saturated carbocycles. The Morgan fingerprint density at radius 2 is 2.00 bits per heavy atom. The quantitative estimate of drug-likeness (QED) is 0.513. The van der Waals surface area contributed by atoms with E-state index < -0.39 is 10.8 Å². The number of nitrogens with one attached hydrogen (secondary N) is 1. The normalized spacial score (nSPS) is 10.1. The highest BCUT2D eigenvalue weighted by Gasteiger charge is 2.16. The maximum Gasteiger partial charge on any atom is 0.273 e. The van der Waals surface area contributed by atoms with E-state index in [0.29, 0.717) is 5.56 Å². The van der Waals surface area contributed by atoms with Crippen LogP contribution in [0, 0.1) is 17.0 Å². The number of anilines is 1. The van der Waals surface area contributed by atoms with Crippen molar-refractivity contribution in [2.45, 2.75) is 13.3 Å². The van der Waals surface area contributed by atoms with Gasteiger partial charge in [-0.2, -0.15) is 0 Å². The molecule has 108 valence electrons. The van der Waals surface area contributed by atoms with Gasteiger partial charge in [-0.15, -0.1) is 0 Å². The van der Waals surface area contributed by atoms with Crippen LogP contribution in [0.15, 0.2) is 42.5 Å². The Hall–Kier alpha value is -2.89. The zero-order valence-electron chi connectivity index (χ0n) is 11.4. The van der Waals surface area contributed by atoms with Crippen LogP contribution in [-0.4, -0.2) is 15.9 Å². The molecule has 1 amide bonds. The van der Waals surface area contributed by atoms with E-state index in [-0.39, 0.29) is 23.5 Å². The van der Waals surface area contributed by atoms with Crippen LogP contribution >= 0.6 is 0 Å². The van der Waals surface area contributed by atoms with Crippen LogP contribution in [0.1, 0.15) is 11.1 Å². The van der Waals surface area contributed by atoms with Crippen LogP contribution in [0.5, 0.6) is 5.75 Å². The number of benzene rings is 2. The van der Waals surface area contributed by atoms with Gasteiger partial charge in [0.25, 0.3) is 5.69 Å². The molecule has 0 aromatic heterocycles. The molecule has 0 spiro atoms. The number of aromatic hydroxyl groups is 1. The predicted octanol–water partition coefficient (Wildman–Crippen LogP) is 2.79. The van der Waals surface area contributed by atoms with Crippen molar-refractivity contribution in [1.29, 1.82) is 0 Å². The molecule has 0 heterocycles. The summed E-state index contributed by atoms with van der Waals surface area (Å²) in [5.41, 5.74) is 1.38. The lowest BCUT2D eigenvalue weighted by Crippen LogP contribution is -2.15. The second-order valence-corrected chi connectivity index (χ2v) is 4.63. The van der Waals surface area contributed by atoms with Gasteiger partial charge in [-0.05, 0) is 24.6 Å². The van der Waals surface area contributed by atoms with E-state index in [9.17, 15) is 20.0 Å². The SMILES string of the molecule is Cc1ccc(NC(=O)Cc2ccccc2[N+](=O)[O-])c(O)c1. The molecule has 0 aliphatic rings. The summed E-state index contributed by atoms with van der Waals surface area (Å²) in [6.07, 6.45) is -0.134. The first-order valence-corrected chi connectivity index (χ1v) is 6.29. The number of para-hydroxylation sites is 1. The van der Waals surface area contributed by atoms with Crippen molar-refractivity contribution < 1.29 is 14.8 Å². The van der Waals surface area contributed by atoms with E-state index in [4.69, 9.17) is 0 Å². The molecule has 0 atom stereocenters. The first kappa shape index (κ1) is 14.5. The molecule has 2 aromatic carbocycles. The predicted molar refractivity (Wildman–Crippen MR) is 78.3 cm³/mol. The molecule has 0 aliphatic heterocycles. The zero-order chi connectivity index (χ0) is 15.4. The molecule has 0 radical (unpaired) electrons. The Balaban J connectivity index is 2.14. The number of rotatable bonds is 4. The fourth-order valence-electron chi connectivity index (χ4n) is 1.95. The lowest BCUT2D eigenvalue weighted by atomic mass is 10.1. The van der Waals surface area contributed by atoms with Gasteiger partial charge in [0.2, 0.25) is 5.91 Å². The van der Waals surface area contributed by atoms with Gasteiger partial charge < -0.3 is 10.4 Å². The average molecular weight is 286 g/mol. The van der Waals surface area contributed by atoms with Crippen LogP contribution in [0.25, 0.3) is 0 Å². The molecule has 0 unspecified atom stereocenters. The Kier molecular flexibility index (Phi) is 4.18. The second-order valence-electron chi connectivity index (χ2n) is 4.63. The molecule has 0 fully saturated rings. The monoisotopic (exact) mass is 286 g/mol. The number of nitro groups is 1. The van der Waals surface area contributed by atoms with Crippen LogP contribution in [0.3, 0.4) is 0 Å². The molecule has 21 heavy (non-hydrogen) atoms. The Morgan fingerprint density at radius 3 is 2.67 bits per heavy atom. The number of nitro benzene ring substituents is 1. The van der Waals surface area contributed by atoms with Crippen molar-refractivity contribution >= 4 is 17.3 Å². The summed E-state index contributed by atoms with van der Waals surface area (Å²) >= 11 is 0. The molecule has 2 aromatic rings. The lowest BCUT2D eigenvalue weighted by molar-refractivity contribution is -0.385. The number of hydrogen-bond donors (Lipinski definition) is 2. The van der Waals surface area contributed by atoms with Crippen molar-refractivity contribution in [3.05, 3.63) is 63.7 Å². The topological polar surface area (TPSA) is 92.5 Å². The highest BCUT2D eigenvalue weighted by atomic mass is 16.6. The first-order valence-electron chi connectivity index (χ1n) is 6.29. The Bertz CT molecular complexity index is 698. The summed E-state index contributed by atoms with van der Waals surface area (Å²) in [5, 5.41) is 23.2. The maximum absolute atomic E-state index is 11.9. The van der Waals surface area contributed by atoms with Crippen molar-refractivity contribution in [2.24, 2.45) is 0 Å². The minimum atomic E-state index is -0.522. The Labute approximate surface area is 121 Å². The van der Waals surface area contributed by atoms with E-state index >= 15 is 0 Å². The fourth-order valence-corrected chi connectivity index (χ4v) is 1.95. The Morgan fingerprint density at radius 1 is 1.29 bits per heavy atom. The third kappa shape index (κ3) is 3.56. The number of phenols is 1. The van der Waals surface area contributed by atoms with Crippen molar-refractivity contribution in [1.82, 2.24) is 0 Å². The maximum atomic E-state index is 11.9. The minimum absolute atomic E-state index is 0.0362. The number of aryl methyl sites for hydroxylation is 1. The highest BCUT2D eigenvalue weighted by molar-refractivity contribution is 5.94. The summed E-state index contributed by atoms with van der Waals surface area (Å²) in [7, 11) is 0. The summed E-state index contributed by atoms with van der Waals surface area (Å²) in [4.78, 5) is 22.3. The van der Waals surface area contributed by atoms with Gasteiger partial charge in [0.1, 0.15) is 5.75 Å². The van der Waals surface area contributed by atoms with E-state index in [0.717, 1.165) is 5.56 Å². The number of carbonyl (C=O) groups is 1. The van der Waals surface area contributed by atoms with Crippen LogP contribution in [0.4, 0.5) is 11.4 Å². The molecular weight excluding hydrogens is 272 g/mol. The van der Waals surface area contributed by atoms with E-state index in [1.807, 2.05) is 6.92 Å². The van der Waals surface area contributed by atoms with Gasteiger partial charge in [-0.1, -0.05) is 24.3 Å². The van der Waals surface area contributed by atoms with Gasteiger partial charge in [-0.25, -0.2) is 0 Å². The van der Waals surface area contributed by atoms with E-state index in [1.165, 1.54) is 18.2 Å². The summed E-state index contributed by atoms with van der Waals surface area (Å²) in [6.45, 7) is 1.82. The zero-order valence-corrected chi connectivity index (χ0v) is 11.4. The molecule has 6 heteroatoms. The van der Waals surface area contributed by atoms with Gasteiger partial charge in [0.15, 0.2) is 0 Å². The number of hydrogen-bond acceptors (Lipinski definition) is 4. The number of nitrogens with zero attached hydrogens (tertiary/aromatic N) is 1. The van der Waals surface area contributed by atoms with Gasteiger partial charge in [0.05, 0.1) is 17.0 Å². The van der Waals surface area contributed by atoms with Gasteiger partial charge in [0, 0.05) is 11.6 Å². The highest BCUT2D eigenvalue weighted by Crippen LogP contribution is 2.24. The van der Waals surface area contributed by atoms with E-state index in [2.05, 4.69) is 5.32 Å². The molecule has 2 rings (SSSR count). The molecule has 0 saturated heterocycles. The second kappa shape index (κ2) is 6.04. The van der Waals surface area contributed by atoms with Crippen LogP contribution in [0.2, 0.25) is 0 Å². The van der Waals surface area contributed by atoms with Crippen LogP contribution in [-0.2, 0) is 11.2 Å². The van der Waals surface area contributed by atoms with Gasteiger partial charge >= 0.3 is 0 Å². The molecule has 6 nitrogen and oxygen atoms in total. The third-order valence-electron chi connectivity index (χ3n) is 2.97. The lowest BCUT2D eigenvalue weighted by Gasteiger charge is -2.08. The van der Waals surface area contributed by atoms with Crippen molar-refractivity contribution in [2.75, 3.05) is 5.32 Å².